The molecule has 0 amide bonds. The van der Waals surface area contributed by atoms with Gasteiger partial charge in [-0.15, -0.1) is 0 Å². The molecule has 1 aromatic rings. The quantitative estimate of drug-likeness (QED) is 0.863. The average Bonchev–Trinajstić information content (AvgIpc) is 2.67. The van der Waals surface area contributed by atoms with Crippen LogP contribution >= 0.6 is 0 Å². The van der Waals surface area contributed by atoms with Crippen LogP contribution in [0.25, 0.3) is 0 Å². The molecule has 0 bridgehead atoms. The van der Waals surface area contributed by atoms with E-state index in [9.17, 15) is 5.11 Å². The summed E-state index contributed by atoms with van der Waals surface area (Å²) in [4.78, 5) is 2.47. The Balaban J connectivity index is 2.05. The van der Waals surface area contributed by atoms with Gasteiger partial charge in [-0.1, -0.05) is 31.9 Å². The van der Waals surface area contributed by atoms with Crippen LogP contribution in [0.4, 0.5) is 5.69 Å². The van der Waals surface area contributed by atoms with Crippen molar-refractivity contribution in [3.8, 4) is 0 Å². The first-order valence-corrected chi connectivity index (χ1v) is 6.84. The summed E-state index contributed by atoms with van der Waals surface area (Å²) in [6, 6.07) is 8.43. The van der Waals surface area contributed by atoms with Crippen LogP contribution in [0.2, 0.25) is 0 Å². The first-order valence-electron chi connectivity index (χ1n) is 6.84. The number of nitrogens with zero attached hydrogens (tertiary/aromatic N) is 1. The molecular weight excluding hydrogens is 210 g/mol. The maximum atomic E-state index is 9.76. The van der Waals surface area contributed by atoms with E-state index in [4.69, 9.17) is 0 Å². The molecule has 1 heterocycles. The van der Waals surface area contributed by atoms with E-state index in [1.165, 1.54) is 44.5 Å². The Labute approximate surface area is 104 Å². The Morgan fingerprint density at radius 3 is 2.18 bits per heavy atom. The van der Waals surface area contributed by atoms with Crippen molar-refractivity contribution < 1.29 is 5.11 Å². The van der Waals surface area contributed by atoms with Crippen LogP contribution in [0.1, 0.15) is 50.7 Å². The molecule has 0 aromatic heterocycles. The predicted molar refractivity (Wildman–Crippen MR) is 72.4 cm³/mol. The topological polar surface area (TPSA) is 23.5 Å². The molecule has 2 rings (SSSR count). The molecule has 0 radical (unpaired) electrons. The summed E-state index contributed by atoms with van der Waals surface area (Å²) in [5, 5.41) is 9.76. The third kappa shape index (κ3) is 3.22. The van der Waals surface area contributed by atoms with E-state index >= 15 is 0 Å². The van der Waals surface area contributed by atoms with E-state index in [2.05, 4.69) is 29.2 Å². The smallest absolute Gasteiger partial charge is 0.0787 e. The molecule has 94 valence electrons. The summed E-state index contributed by atoms with van der Waals surface area (Å²) in [5.41, 5.74) is 2.34. The molecule has 1 fully saturated rings. The second-order valence-electron chi connectivity index (χ2n) is 4.92. The van der Waals surface area contributed by atoms with Crippen molar-refractivity contribution in [3.63, 3.8) is 0 Å². The average molecular weight is 233 g/mol. The zero-order chi connectivity index (χ0) is 12.1. The van der Waals surface area contributed by atoms with Crippen molar-refractivity contribution in [2.75, 3.05) is 18.0 Å². The fraction of sp³-hybridized carbons (Fsp3) is 0.600. The van der Waals surface area contributed by atoms with E-state index in [-0.39, 0.29) is 6.10 Å². The molecule has 0 aliphatic carbocycles. The zero-order valence-corrected chi connectivity index (χ0v) is 10.7. The van der Waals surface area contributed by atoms with Gasteiger partial charge < -0.3 is 10.0 Å². The minimum atomic E-state index is -0.312. The second kappa shape index (κ2) is 6.06. The number of hydrogen-bond acceptors (Lipinski definition) is 2. The Hall–Kier alpha value is -1.02. The van der Waals surface area contributed by atoms with Gasteiger partial charge in [0.05, 0.1) is 6.10 Å². The Bertz CT molecular complexity index is 325. The van der Waals surface area contributed by atoms with Crippen molar-refractivity contribution >= 4 is 5.69 Å². The van der Waals surface area contributed by atoms with Crippen LogP contribution < -0.4 is 4.90 Å². The normalized spacial score (nSPS) is 18.8. The van der Waals surface area contributed by atoms with Crippen LogP contribution in [-0.2, 0) is 0 Å². The number of benzene rings is 1. The summed E-state index contributed by atoms with van der Waals surface area (Å²) >= 11 is 0. The maximum Gasteiger partial charge on any atom is 0.0787 e. The highest BCUT2D eigenvalue weighted by Crippen LogP contribution is 2.23. The maximum absolute atomic E-state index is 9.76. The molecular formula is C15H23NO. The molecule has 17 heavy (non-hydrogen) atoms. The molecule has 2 nitrogen and oxygen atoms in total. The first kappa shape index (κ1) is 12.4. The van der Waals surface area contributed by atoms with Gasteiger partial charge in [-0.3, -0.25) is 0 Å². The van der Waals surface area contributed by atoms with Crippen molar-refractivity contribution in [2.45, 2.75) is 45.1 Å². The molecule has 0 saturated carbocycles. The highest BCUT2D eigenvalue weighted by atomic mass is 16.3. The molecule has 1 aliphatic rings. The third-order valence-corrected chi connectivity index (χ3v) is 3.64. The predicted octanol–water partition coefficient (Wildman–Crippen LogP) is 3.51. The number of aliphatic hydroxyl groups excluding tert-OH is 1. The van der Waals surface area contributed by atoms with Crippen molar-refractivity contribution in [3.05, 3.63) is 29.8 Å². The first-order chi connectivity index (χ1) is 8.31. The third-order valence-electron chi connectivity index (χ3n) is 3.64. The summed E-state index contributed by atoms with van der Waals surface area (Å²) in [7, 11) is 0. The largest absolute Gasteiger partial charge is 0.388 e. The van der Waals surface area contributed by atoms with E-state index < -0.39 is 0 Å². The SMILES string of the molecule is CC[C@@H](O)c1ccc(N2CCCCCC2)cc1. The van der Waals surface area contributed by atoms with Gasteiger partial charge in [0.2, 0.25) is 0 Å². The van der Waals surface area contributed by atoms with Gasteiger partial charge in [-0.05, 0) is 37.0 Å². The lowest BCUT2D eigenvalue weighted by atomic mass is 10.1. The van der Waals surface area contributed by atoms with Crippen LogP contribution in [0.15, 0.2) is 24.3 Å². The van der Waals surface area contributed by atoms with Crippen LogP contribution in [0.3, 0.4) is 0 Å². The van der Waals surface area contributed by atoms with Crippen LogP contribution in [-0.4, -0.2) is 18.2 Å². The zero-order valence-electron chi connectivity index (χ0n) is 10.7. The Kier molecular flexibility index (Phi) is 4.43. The standard InChI is InChI=1S/C15H23NO/c1-2-15(17)13-7-9-14(10-8-13)16-11-5-3-4-6-12-16/h7-10,15,17H,2-6,11-12H2,1H3/t15-/m1/s1. The fourth-order valence-corrected chi connectivity index (χ4v) is 2.47. The molecule has 0 spiro atoms. The minimum Gasteiger partial charge on any atom is -0.388 e. The van der Waals surface area contributed by atoms with Gasteiger partial charge in [0.1, 0.15) is 0 Å². The van der Waals surface area contributed by atoms with E-state index in [0.717, 1.165) is 12.0 Å². The lowest BCUT2D eigenvalue weighted by Gasteiger charge is -2.23. The molecule has 1 aromatic carbocycles. The van der Waals surface area contributed by atoms with Gasteiger partial charge >= 0.3 is 0 Å². The van der Waals surface area contributed by atoms with Crippen molar-refractivity contribution in [2.24, 2.45) is 0 Å². The van der Waals surface area contributed by atoms with Gasteiger partial charge in [-0.2, -0.15) is 0 Å². The molecule has 1 N–H and O–H groups in total. The molecule has 1 saturated heterocycles. The van der Waals surface area contributed by atoms with Gasteiger partial charge in [-0.25, -0.2) is 0 Å². The number of hydrogen-bond donors (Lipinski definition) is 1. The minimum absolute atomic E-state index is 0.312. The number of anilines is 1. The molecule has 2 heteroatoms. The summed E-state index contributed by atoms with van der Waals surface area (Å²) < 4.78 is 0. The molecule has 1 aliphatic heterocycles. The lowest BCUT2D eigenvalue weighted by Crippen LogP contribution is -2.23. The Morgan fingerprint density at radius 1 is 1.06 bits per heavy atom. The van der Waals surface area contributed by atoms with Crippen molar-refractivity contribution in [1.29, 1.82) is 0 Å². The highest BCUT2D eigenvalue weighted by molar-refractivity contribution is 5.48. The van der Waals surface area contributed by atoms with E-state index in [1.807, 2.05) is 6.92 Å². The monoisotopic (exact) mass is 233 g/mol. The van der Waals surface area contributed by atoms with E-state index in [1.54, 1.807) is 0 Å². The second-order valence-corrected chi connectivity index (χ2v) is 4.92. The van der Waals surface area contributed by atoms with Gasteiger partial charge in [0, 0.05) is 18.8 Å². The molecule has 1 atom stereocenters. The van der Waals surface area contributed by atoms with E-state index in [0.29, 0.717) is 0 Å². The Morgan fingerprint density at radius 2 is 1.65 bits per heavy atom. The van der Waals surface area contributed by atoms with Crippen LogP contribution in [0.5, 0.6) is 0 Å². The molecule has 0 unspecified atom stereocenters. The van der Waals surface area contributed by atoms with Crippen molar-refractivity contribution in [1.82, 2.24) is 0 Å². The summed E-state index contributed by atoms with van der Waals surface area (Å²) in [5.74, 6) is 0. The summed E-state index contributed by atoms with van der Waals surface area (Å²) in [6.07, 6.45) is 5.81. The summed E-state index contributed by atoms with van der Waals surface area (Å²) in [6.45, 7) is 4.36. The van der Waals surface area contributed by atoms with Crippen LogP contribution in [0, 0.1) is 0 Å². The van der Waals surface area contributed by atoms with Gasteiger partial charge in [0.15, 0.2) is 0 Å². The fourth-order valence-electron chi connectivity index (χ4n) is 2.47. The number of rotatable bonds is 3. The lowest BCUT2D eigenvalue weighted by molar-refractivity contribution is 0.173. The van der Waals surface area contributed by atoms with Gasteiger partial charge in [0.25, 0.3) is 0 Å². The number of aliphatic hydroxyl groups is 1. The highest BCUT2D eigenvalue weighted by Gasteiger charge is 2.10.